The summed E-state index contributed by atoms with van der Waals surface area (Å²) in [5.41, 5.74) is 1.53. The van der Waals surface area contributed by atoms with Crippen LogP contribution in [0.25, 0.3) is 6.08 Å². The molecule has 1 heterocycles. The summed E-state index contributed by atoms with van der Waals surface area (Å²) < 4.78 is 11.6. The number of nitrogens with one attached hydrogen (secondary N) is 1. The molecule has 6 heteroatoms. The number of hydrogen-bond donors (Lipinski definition) is 1. The van der Waals surface area contributed by atoms with E-state index in [1.165, 1.54) is 38.2 Å². The Balaban J connectivity index is 1.59. The number of pyridine rings is 1. The molecular formula is C26H35N3O3. The van der Waals surface area contributed by atoms with Gasteiger partial charge in [0.25, 0.3) is 0 Å². The number of nitrogens with zero attached hydrogens (tertiary/aromatic N) is 2. The summed E-state index contributed by atoms with van der Waals surface area (Å²) in [7, 11) is 1.62. The van der Waals surface area contributed by atoms with Crippen LogP contribution in [0.2, 0.25) is 0 Å². The summed E-state index contributed by atoms with van der Waals surface area (Å²) in [6.45, 7) is 5.95. The lowest BCUT2D eigenvalue weighted by atomic mass is 9.93. The highest BCUT2D eigenvalue weighted by molar-refractivity contribution is 6.02. The third-order valence-electron chi connectivity index (χ3n) is 5.86. The van der Waals surface area contributed by atoms with Crippen molar-refractivity contribution in [2.45, 2.75) is 58.0 Å². The van der Waals surface area contributed by atoms with Gasteiger partial charge in [0.15, 0.2) is 11.5 Å². The summed E-state index contributed by atoms with van der Waals surface area (Å²) in [5.74, 6) is 1.07. The minimum absolute atomic E-state index is 0.215. The van der Waals surface area contributed by atoms with Crippen molar-refractivity contribution in [1.82, 2.24) is 9.88 Å². The van der Waals surface area contributed by atoms with Crippen molar-refractivity contribution in [3.63, 3.8) is 0 Å². The molecule has 1 amide bonds. The van der Waals surface area contributed by atoms with Crippen molar-refractivity contribution in [3.05, 3.63) is 54.4 Å². The number of carbonyl (C=O) groups excluding carboxylic acids is 1. The molecule has 1 fully saturated rings. The Morgan fingerprint density at radius 1 is 1.22 bits per heavy atom. The third-order valence-corrected chi connectivity index (χ3v) is 5.86. The van der Waals surface area contributed by atoms with Gasteiger partial charge in [0.1, 0.15) is 6.61 Å². The second-order valence-electron chi connectivity index (χ2n) is 8.45. The Kier molecular flexibility index (Phi) is 9.11. The van der Waals surface area contributed by atoms with Crippen LogP contribution >= 0.6 is 0 Å². The molecule has 3 rings (SSSR count). The fourth-order valence-corrected chi connectivity index (χ4v) is 4.23. The zero-order valence-electron chi connectivity index (χ0n) is 19.4. The highest BCUT2D eigenvalue weighted by Gasteiger charge is 2.23. The normalized spacial score (nSPS) is 14.8. The van der Waals surface area contributed by atoms with E-state index in [9.17, 15) is 4.79 Å². The number of amides is 1. The first kappa shape index (κ1) is 23.8. The predicted molar refractivity (Wildman–Crippen MR) is 129 cm³/mol. The van der Waals surface area contributed by atoms with Crippen molar-refractivity contribution in [1.29, 1.82) is 0 Å². The van der Waals surface area contributed by atoms with E-state index in [4.69, 9.17) is 9.47 Å². The zero-order valence-corrected chi connectivity index (χ0v) is 19.4. The molecule has 0 aliphatic heterocycles. The van der Waals surface area contributed by atoms with Gasteiger partial charge in [0, 0.05) is 48.9 Å². The first-order chi connectivity index (χ1) is 15.6. The van der Waals surface area contributed by atoms with E-state index in [0.717, 1.165) is 12.1 Å². The second kappa shape index (κ2) is 12.2. The Morgan fingerprint density at radius 3 is 2.72 bits per heavy atom. The molecule has 1 aromatic heterocycles. The van der Waals surface area contributed by atoms with Gasteiger partial charge in [-0.15, -0.1) is 0 Å². The van der Waals surface area contributed by atoms with Crippen LogP contribution in [0, 0.1) is 0 Å². The maximum Gasteiger partial charge on any atom is 0.248 e. The zero-order chi connectivity index (χ0) is 22.8. The summed E-state index contributed by atoms with van der Waals surface area (Å²) in [4.78, 5) is 18.9. The summed E-state index contributed by atoms with van der Waals surface area (Å²) in [6.07, 6.45) is 13.2. The molecule has 0 unspecified atom stereocenters. The van der Waals surface area contributed by atoms with Crippen molar-refractivity contribution in [2.75, 3.05) is 25.6 Å². The van der Waals surface area contributed by atoms with E-state index >= 15 is 0 Å². The predicted octanol–water partition coefficient (Wildman–Crippen LogP) is 5.16. The van der Waals surface area contributed by atoms with Crippen molar-refractivity contribution < 1.29 is 14.3 Å². The van der Waals surface area contributed by atoms with Crippen LogP contribution in [-0.2, 0) is 4.79 Å². The molecule has 1 aliphatic carbocycles. The molecule has 6 nitrogen and oxygen atoms in total. The van der Waals surface area contributed by atoms with Crippen LogP contribution in [0.5, 0.6) is 11.5 Å². The van der Waals surface area contributed by atoms with Gasteiger partial charge in [0.05, 0.1) is 7.11 Å². The van der Waals surface area contributed by atoms with Crippen molar-refractivity contribution in [2.24, 2.45) is 0 Å². The fourth-order valence-electron chi connectivity index (χ4n) is 4.23. The van der Waals surface area contributed by atoms with Gasteiger partial charge in [-0.05, 0) is 56.5 Å². The molecule has 0 atom stereocenters. The van der Waals surface area contributed by atoms with Gasteiger partial charge in [-0.2, -0.15) is 0 Å². The standard InChI is InChI=1S/C26H35N3O3/c1-20(2)29(23-9-5-4-6-10-23)16-17-32-25-18-22(12-13-24(25)31-3)28-26(30)14-11-21-8-7-15-27-19-21/h7-8,11-15,18-20,23H,4-6,9-10,16-17H2,1-3H3,(H,28,30)/b14-11+. The van der Waals surface area contributed by atoms with Crippen LogP contribution in [-0.4, -0.2) is 48.1 Å². The number of aromatic nitrogens is 1. The van der Waals surface area contributed by atoms with Crippen LogP contribution in [0.1, 0.15) is 51.5 Å². The molecule has 1 aromatic carbocycles. The van der Waals surface area contributed by atoms with Gasteiger partial charge in [-0.1, -0.05) is 25.3 Å². The summed E-state index contributed by atoms with van der Waals surface area (Å²) in [5, 5.41) is 2.88. The summed E-state index contributed by atoms with van der Waals surface area (Å²) in [6, 6.07) is 10.3. The van der Waals surface area contributed by atoms with E-state index in [0.29, 0.717) is 35.9 Å². The lowest BCUT2D eigenvalue weighted by molar-refractivity contribution is -0.111. The number of carbonyl (C=O) groups is 1. The molecule has 0 saturated heterocycles. The number of rotatable bonds is 10. The maximum absolute atomic E-state index is 12.3. The monoisotopic (exact) mass is 437 g/mol. The lowest BCUT2D eigenvalue weighted by Crippen LogP contribution is -2.43. The first-order valence-electron chi connectivity index (χ1n) is 11.5. The minimum atomic E-state index is -0.215. The Morgan fingerprint density at radius 2 is 2.03 bits per heavy atom. The molecular weight excluding hydrogens is 402 g/mol. The average Bonchev–Trinajstić information content (AvgIpc) is 2.81. The Labute approximate surface area is 191 Å². The Bertz CT molecular complexity index is 877. The van der Waals surface area contributed by atoms with E-state index in [1.54, 1.807) is 25.6 Å². The second-order valence-corrected chi connectivity index (χ2v) is 8.45. The van der Waals surface area contributed by atoms with E-state index < -0.39 is 0 Å². The number of ether oxygens (including phenoxy) is 2. The van der Waals surface area contributed by atoms with Crippen LogP contribution in [0.4, 0.5) is 5.69 Å². The van der Waals surface area contributed by atoms with Crippen LogP contribution in [0.15, 0.2) is 48.8 Å². The molecule has 2 aromatic rings. The summed E-state index contributed by atoms with van der Waals surface area (Å²) >= 11 is 0. The molecule has 1 N–H and O–H groups in total. The molecule has 172 valence electrons. The smallest absolute Gasteiger partial charge is 0.248 e. The highest BCUT2D eigenvalue weighted by Crippen LogP contribution is 2.31. The van der Waals surface area contributed by atoms with Crippen LogP contribution in [0.3, 0.4) is 0 Å². The van der Waals surface area contributed by atoms with E-state index in [2.05, 4.69) is 29.0 Å². The SMILES string of the molecule is COc1ccc(NC(=O)/C=C/c2cccnc2)cc1OCCN(C(C)C)C1CCCCC1. The van der Waals surface area contributed by atoms with Crippen LogP contribution < -0.4 is 14.8 Å². The van der Waals surface area contributed by atoms with Gasteiger partial charge in [0.2, 0.25) is 5.91 Å². The van der Waals surface area contributed by atoms with E-state index in [1.807, 2.05) is 30.3 Å². The van der Waals surface area contributed by atoms with Gasteiger partial charge in [-0.3, -0.25) is 14.7 Å². The molecule has 0 radical (unpaired) electrons. The highest BCUT2D eigenvalue weighted by atomic mass is 16.5. The lowest BCUT2D eigenvalue weighted by Gasteiger charge is -2.37. The topological polar surface area (TPSA) is 63.7 Å². The number of methoxy groups -OCH3 is 1. The molecule has 1 saturated carbocycles. The molecule has 0 bridgehead atoms. The molecule has 1 aliphatic rings. The van der Waals surface area contributed by atoms with Crippen molar-refractivity contribution in [3.8, 4) is 11.5 Å². The minimum Gasteiger partial charge on any atom is -0.493 e. The maximum atomic E-state index is 12.3. The number of hydrogen-bond acceptors (Lipinski definition) is 5. The number of anilines is 1. The number of benzene rings is 1. The van der Waals surface area contributed by atoms with E-state index in [-0.39, 0.29) is 5.91 Å². The van der Waals surface area contributed by atoms with Gasteiger partial charge in [-0.25, -0.2) is 0 Å². The average molecular weight is 438 g/mol. The Hall–Kier alpha value is -2.86. The molecule has 0 spiro atoms. The van der Waals surface area contributed by atoms with Gasteiger partial charge >= 0.3 is 0 Å². The van der Waals surface area contributed by atoms with Crippen molar-refractivity contribution >= 4 is 17.7 Å². The first-order valence-corrected chi connectivity index (χ1v) is 11.5. The quantitative estimate of drug-likeness (QED) is 0.520. The third kappa shape index (κ3) is 7.09. The molecule has 32 heavy (non-hydrogen) atoms. The fraction of sp³-hybridized carbons (Fsp3) is 0.462. The largest absolute Gasteiger partial charge is 0.493 e. The van der Waals surface area contributed by atoms with Gasteiger partial charge < -0.3 is 14.8 Å².